The topological polar surface area (TPSA) is 51.8 Å². The van der Waals surface area contributed by atoms with Crippen LogP contribution in [0.2, 0.25) is 0 Å². The smallest absolute Gasteiger partial charge is 0.190 e. The Morgan fingerprint density at radius 2 is 2.17 bits per heavy atom. The van der Waals surface area contributed by atoms with Crippen LogP contribution in [0.25, 0.3) is 10.2 Å². The molecule has 0 aliphatic heterocycles. The average Bonchev–Trinajstić information content (AvgIpc) is 2.99. The zero-order valence-electron chi connectivity index (χ0n) is 10.3. The van der Waals surface area contributed by atoms with Gasteiger partial charge in [-0.25, -0.2) is 9.97 Å². The first-order valence-electron chi connectivity index (χ1n) is 6.46. The van der Waals surface area contributed by atoms with Crippen LogP contribution in [0.4, 0.5) is 5.82 Å². The van der Waals surface area contributed by atoms with Gasteiger partial charge < -0.3 is 5.73 Å². The second-order valence-electron chi connectivity index (χ2n) is 4.82. The molecule has 2 aromatic rings. The van der Waals surface area contributed by atoms with Crippen LogP contribution < -0.4 is 5.73 Å². The molecular weight excluding hydrogens is 262 g/mol. The summed E-state index contributed by atoms with van der Waals surface area (Å²) in [4.78, 5) is 9.93. The maximum absolute atomic E-state index is 5.94. The van der Waals surface area contributed by atoms with Crippen molar-refractivity contribution in [1.29, 1.82) is 0 Å². The van der Waals surface area contributed by atoms with E-state index in [1.165, 1.54) is 32.1 Å². The molecule has 0 radical (unpaired) electrons. The lowest BCUT2D eigenvalue weighted by Crippen LogP contribution is -1.98. The summed E-state index contributed by atoms with van der Waals surface area (Å²) in [5.41, 5.74) is 5.94. The molecule has 2 aromatic heterocycles. The van der Waals surface area contributed by atoms with Crippen LogP contribution in [0.3, 0.4) is 0 Å². The van der Waals surface area contributed by atoms with Gasteiger partial charge in [0, 0.05) is 5.75 Å². The van der Waals surface area contributed by atoms with E-state index in [4.69, 9.17) is 5.73 Å². The highest BCUT2D eigenvalue weighted by atomic mass is 32.2. The molecule has 2 heterocycles. The first-order valence-corrected chi connectivity index (χ1v) is 8.33. The van der Waals surface area contributed by atoms with Crippen LogP contribution in [0.5, 0.6) is 0 Å². The summed E-state index contributed by atoms with van der Waals surface area (Å²) < 4.78 is 0. The molecule has 0 atom stereocenters. The van der Waals surface area contributed by atoms with E-state index in [1.807, 2.05) is 11.4 Å². The number of thiophene rings is 1. The molecule has 2 N–H and O–H groups in total. The Balaban J connectivity index is 1.63. The molecule has 5 heteroatoms. The van der Waals surface area contributed by atoms with Crippen LogP contribution in [0.1, 0.15) is 32.1 Å². The molecule has 0 saturated heterocycles. The zero-order chi connectivity index (χ0) is 12.4. The third-order valence-corrected chi connectivity index (χ3v) is 5.25. The van der Waals surface area contributed by atoms with Gasteiger partial charge in [-0.3, -0.25) is 0 Å². The highest BCUT2D eigenvalue weighted by Gasteiger charge is 2.15. The number of aromatic nitrogens is 2. The first kappa shape index (κ1) is 12.2. The summed E-state index contributed by atoms with van der Waals surface area (Å²) in [5.74, 6) is 2.66. The monoisotopic (exact) mass is 279 g/mol. The second kappa shape index (κ2) is 5.45. The lowest BCUT2D eigenvalue weighted by Gasteiger charge is -2.07. The summed E-state index contributed by atoms with van der Waals surface area (Å²) >= 11 is 3.37. The first-order chi connectivity index (χ1) is 8.83. The Hall–Kier alpha value is -0.810. The minimum atomic E-state index is 0.615. The van der Waals surface area contributed by atoms with Gasteiger partial charge in [-0.1, -0.05) is 37.4 Å². The minimum Gasteiger partial charge on any atom is -0.383 e. The molecule has 1 aliphatic rings. The molecule has 96 valence electrons. The van der Waals surface area contributed by atoms with Crippen LogP contribution in [0, 0.1) is 5.92 Å². The molecule has 3 rings (SSSR count). The molecule has 0 bridgehead atoms. The molecule has 3 nitrogen and oxygen atoms in total. The van der Waals surface area contributed by atoms with Gasteiger partial charge in [-0.2, -0.15) is 0 Å². The number of anilines is 1. The van der Waals surface area contributed by atoms with Gasteiger partial charge >= 0.3 is 0 Å². The van der Waals surface area contributed by atoms with E-state index < -0.39 is 0 Å². The molecule has 0 aromatic carbocycles. The Kier molecular flexibility index (Phi) is 3.70. The number of hydrogen-bond acceptors (Lipinski definition) is 5. The van der Waals surface area contributed by atoms with E-state index in [-0.39, 0.29) is 0 Å². The fourth-order valence-corrected chi connectivity index (χ4v) is 4.32. The van der Waals surface area contributed by atoms with Gasteiger partial charge in [0.25, 0.3) is 0 Å². The summed E-state index contributed by atoms with van der Waals surface area (Å²) in [6.45, 7) is 0. The van der Waals surface area contributed by atoms with Gasteiger partial charge in [0.15, 0.2) is 5.16 Å². The molecule has 18 heavy (non-hydrogen) atoms. The number of rotatable bonds is 4. The van der Waals surface area contributed by atoms with Gasteiger partial charge in [0.05, 0.1) is 5.39 Å². The number of fused-ring (bicyclic) bond motifs is 1. The fraction of sp³-hybridized carbons (Fsp3) is 0.538. The molecule has 1 saturated carbocycles. The summed E-state index contributed by atoms with van der Waals surface area (Å²) in [6, 6.07) is 1.99. The predicted octanol–water partition coefficient (Wildman–Crippen LogP) is 3.95. The Labute approximate surface area is 115 Å². The van der Waals surface area contributed by atoms with E-state index in [0.717, 1.165) is 27.0 Å². The largest absolute Gasteiger partial charge is 0.383 e. The minimum absolute atomic E-state index is 0.615. The standard InChI is InChI=1S/C13H17N3S2/c14-11-10-6-8-17-12(10)16-13(15-11)18-7-5-9-3-1-2-4-9/h6,8-9H,1-5,7H2,(H2,14,15,16). The van der Waals surface area contributed by atoms with Crippen molar-refractivity contribution in [2.75, 3.05) is 11.5 Å². The highest BCUT2D eigenvalue weighted by Crippen LogP contribution is 2.31. The van der Waals surface area contributed by atoms with Gasteiger partial charge in [0.2, 0.25) is 0 Å². The van der Waals surface area contributed by atoms with Crippen molar-refractivity contribution in [2.24, 2.45) is 5.92 Å². The molecular formula is C13H17N3S2. The molecule has 0 unspecified atom stereocenters. The third kappa shape index (κ3) is 2.62. The fourth-order valence-electron chi connectivity index (χ4n) is 2.54. The van der Waals surface area contributed by atoms with Crippen molar-refractivity contribution in [3.63, 3.8) is 0 Å². The highest BCUT2D eigenvalue weighted by molar-refractivity contribution is 7.99. The van der Waals surface area contributed by atoms with Crippen molar-refractivity contribution >= 4 is 39.1 Å². The van der Waals surface area contributed by atoms with E-state index >= 15 is 0 Å². The van der Waals surface area contributed by atoms with Crippen molar-refractivity contribution in [1.82, 2.24) is 9.97 Å². The quantitative estimate of drug-likeness (QED) is 0.680. The van der Waals surface area contributed by atoms with E-state index in [2.05, 4.69) is 9.97 Å². The number of nitrogens with zero attached hydrogens (tertiary/aromatic N) is 2. The molecule has 1 fully saturated rings. The van der Waals surface area contributed by atoms with E-state index in [9.17, 15) is 0 Å². The molecule has 0 amide bonds. The van der Waals surface area contributed by atoms with Crippen LogP contribution in [-0.2, 0) is 0 Å². The summed E-state index contributed by atoms with van der Waals surface area (Å²) in [5, 5.41) is 3.84. The normalized spacial score (nSPS) is 16.7. The maximum Gasteiger partial charge on any atom is 0.190 e. The Morgan fingerprint density at radius 3 is 3.00 bits per heavy atom. The SMILES string of the molecule is Nc1nc(SCCC2CCCC2)nc2sccc12. The third-order valence-electron chi connectivity index (χ3n) is 3.57. The number of thioether (sulfide) groups is 1. The zero-order valence-corrected chi connectivity index (χ0v) is 11.9. The van der Waals surface area contributed by atoms with Crippen molar-refractivity contribution in [3.8, 4) is 0 Å². The Morgan fingerprint density at radius 1 is 1.33 bits per heavy atom. The summed E-state index contributed by atoms with van der Waals surface area (Å²) in [7, 11) is 0. The van der Waals surface area contributed by atoms with Gasteiger partial charge in [-0.15, -0.1) is 11.3 Å². The van der Waals surface area contributed by atoms with Crippen LogP contribution in [0.15, 0.2) is 16.6 Å². The van der Waals surface area contributed by atoms with Crippen molar-refractivity contribution in [3.05, 3.63) is 11.4 Å². The van der Waals surface area contributed by atoms with E-state index in [1.54, 1.807) is 23.1 Å². The summed E-state index contributed by atoms with van der Waals surface area (Å²) in [6.07, 6.45) is 6.94. The molecule has 1 aliphatic carbocycles. The average molecular weight is 279 g/mol. The lowest BCUT2D eigenvalue weighted by molar-refractivity contribution is 0.535. The van der Waals surface area contributed by atoms with Crippen molar-refractivity contribution in [2.45, 2.75) is 37.3 Å². The van der Waals surface area contributed by atoms with Crippen LogP contribution in [-0.4, -0.2) is 15.7 Å². The maximum atomic E-state index is 5.94. The predicted molar refractivity (Wildman–Crippen MR) is 79.1 cm³/mol. The number of nitrogen functional groups attached to an aromatic ring is 1. The second-order valence-corrected chi connectivity index (χ2v) is 6.78. The number of nitrogens with two attached hydrogens (primary N) is 1. The van der Waals surface area contributed by atoms with Crippen molar-refractivity contribution < 1.29 is 0 Å². The lowest BCUT2D eigenvalue weighted by atomic mass is 10.1. The van der Waals surface area contributed by atoms with Gasteiger partial charge in [-0.05, 0) is 23.8 Å². The van der Waals surface area contributed by atoms with Gasteiger partial charge in [0.1, 0.15) is 10.6 Å². The Bertz CT molecular complexity index is 532. The number of hydrogen-bond donors (Lipinski definition) is 1. The van der Waals surface area contributed by atoms with Crippen LogP contribution >= 0.6 is 23.1 Å². The van der Waals surface area contributed by atoms with E-state index in [0.29, 0.717) is 5.82 Å². The molecule has 0 spiro atoms.